The van der Waals surface area contributed by atoms with Crippen molar-refractivity contribution < 1.29 is 18.7 Å². The summed E-state index contributed by atoms with van der Waals surface area (Å²) in [5.41, 5.74) is 4.73. The van der Waals surface area contributed by atoms with Crippen molar-refractivity contribution in [1.29, 1.82) is 0 Å². The molecule has 0 radical (unpaired) electrons. The second kappa shape index (κ2) is 11.5. The van der Waals surface area contributed by atoms with Gasteiger partial charge in [0, 0.05) is 48.4 Å². The monoisotopic (exact) mass is 498 g/mol. The van der Waals surface area contributed by atoms with Gasteiger partial charge in [-0.1, -0.05) is 6.92 Å². The van der Waals surface area contributed by atoms with E-state index in [-0.39, 0.29) is 17.8 Å². The molecule has 0 saturated carbocycles. The first-order chi connectivity index (χ1) is 17.0. The molecule has 1 aliphatic heterocycles. The summed E-state index contributed by atoms with van der Waals surface area (Å²) in [4.78, 5) is 21.9. The summed E-state index contributed by atoms with van der Waals surface area (Å²) >= 11 is 1.50. The van der Waals surface area contributed by atoms with Crippen LogP contribution in [0, 0.1) is 5.82 Å². The number of piperazine rings is 1. The number of hydrogen-bond donors (Lipinski definition) is 1. The summed E-state index contributed by atoms with van der Waals surface area (Å²) in [6.45, 7) is 9.03. The Balaban J connectivity index is 1.46. The van der Waals surface area contributed by atoms with Crippen molar-refractivity contribution >= 4 is 22.9 Å². The van der Waals surface area contributed by atoms with Gasteiger partial charge in [0.05, 0.1) is 24.4 Å². The summed E-state index contributed by atoms with van der Waals surface area (Å²) in [7, 11) is 1.53. The van der Waals surface area contributed by atoms with E-state index in [0.29, 0.717) is 23.7 Å². The maximum absolute atomic E-state index is 14.2. The highest BCUT2D eigenvalue weighted by molar-refractivity contribution is 7.07. The van der Waals surface area contributed by atoms with Crippen molar-refractivity contribution in [3.8, 4) is 11.5 Å². The standard InChI is InChI=1S/C26H31FN4O3S/c1-4-30-9-11-31(12-10-30)23-7-6-20(27)14-22(23)18(2)29-26(32)19-5-8-24(25(13-19)33-3)34-15-21-16-35-17-28-21/h5-8,13-14,16-18H,4,9-12,15H2,1-3H3,(H,29,32). The van der Waals surface area contributed by atoms with Gasteiger partial charge in [0.25, 0.3) is 5.91 Å². The summed E-state index contributed by atoms with van der Waals surface area (Å²) in [5, 5.41) is 4.93. The molecule has 1 fully saturated rings. The summed E-state index contributed by atoms with van der Waals surface area (Å²) in [5.74, 6) is 0.401. The number of ether oxygens (including phenoxy) is 2. The van der Waals surface area contributed by atoms with Gasteiger partial charge in [-0.3, -0.25) is 4.79 Å². The highest BCUT2D eigenvalue weighted by Crippen LogP contribution is 2.31. The number of likely N-dealkylation sites (N-methyl/N-ethyl adjacent to an activating group) is 1. The Hall–Kier alpha value is -3.17. The third-order valence-electron chi connectivity index (χ3n) is 6.25. The number of carbonyl (C=O) groups is 1. The molecule has 0 bridgehead atoms. The maximum atomic E-state index is 14.2. The van der Waals surface area contributed by atoms with Gasteiger partial charge < -0.3 is 24.6 Å². The Morgan fingerprint density at radius 1 is 1.17 bits per heavy atom. The largest absolute Gasteiger partial charge is 0.493 e. The van der Waals surface area contributed by atoms with Crippen LogP contribution in [0.4, 0.5) is 10.1 Å². The molecule has 4 rings (SSSR count). The number of rotatable bonds is 9. The van der Waals surface area contributed by atoms with Gasteiger partial charge in [-0.2, -0.15) is 0 Å². The number of methoxy groups -OCH3 is 1. The van der Waals surface area contributed by atoms with E-state index in [2.05, 4.69) is 27.0 Å². The average molecular weight is 499 g/mol. The number of benzene rings is 2. The molecule has 0 aliphatic carbocycles. The fraction of sp³-hybridized carbons (Fsp3) is 0.385. The van der Waals surface area contributed by atoms with Gasteiger partial charge in [-0.05, 0) is 49.9 Å². The molecule has 186 valence electrons. The van der Waals surface area contributed by atoms with Crippen LogP contribution in [0.25, 0.3) is 0 Å². The van der Waals surface area contributed by atoms with E-state index >= 15 is 0 Å². The maximum Gasteiger partial charge on any atom is 0.251 e. The van der Waals surface area contributed by atoms with Gasteiger partial charge in [-0.25, -0.2) is 9.37 Å². The Bertz CT molecular complexity index is 1130. The molecule has 7 nitrogen and oxygen atoms in total. The normalized spacial score (nSPS) is 15.0. The van der Waals surface area contributed by atoms with Crippen LogP contribution in [0.1, 0.15) is 41.5 Å². The molecule has 3 aromatic rings. The van der Waals surface area contributed by atoms with Gasteiger partial charge in [0.15, 0.2) is 11.5 Å². The van der Waals surface area contributed by atoms with Crippen LogP contribution < -0.4 is 19.7 Å². The van der Waals surface area contributed by atoms with Gasteiger partial charge >= 0.3 is 0 Å². The first-order valence-corrected chi connectivity index (χ1v) is 12.7. The van der Waals surface area contributed by atoms with Crippen molar-refractivity contribution in [3.05, 3.63) is 69.9 Å². The van der Waals surface area contributed by atoms with Crippen LogP contribution in [0.2, 0.25) is 0 Å². The first kappa shape index (κ1) is 24.9. The lowest BCUT2D eigenvalue weighted by molar-refractivity contribution is 0.0939. The second-order valence-corrected chi connectivity index (χ2v) is 9.17. The highest BCUT2D eigenvalue weighted by atomic mass is 32.1. The molecule has 1 N–H and O–H groups in total. The zero-order chi connectivity index (χ0) is 24.8. The third-order valence-corrected chi connectivity index (χ3v) is 6.88. The van der Waals surface area contributed by atoms with Crippen molar-refractivity contribution in [3.63, 3.8) is 0 Å². The van der Waals surface area contributed by atoms with Gasteiger partial charge in [-0.15, -0.1) is 11.3 Å². The second-order valence-electron chi connectivity index (χ2n) is 8.45. The minimum Gasteiger partial charge on any atom is -0.493 e. The van der Waals surface area contributed by atoms with Crippen LogP contribution in [0.3, 0.4) is 0 Å². The van der Waals surface area contributed by atoms with Crippen molar-refractivity contribution in [2.24, 2.45) is 0 Å². The fourth-order valence-corrected chi connectivity index (χ4v) is 4.75. The van der Waals surface area contributed by atoms with E-state index < -0.39 is 0 Å². The average Bonchev–Trinajstić information content (AvgIpc) is 3.41. The van der Waals surface area contributed by atoms with E-state index in [1.54, 1.807) is 23.7 Å². The number of anilines is 1. The smallest absolute Gasteiger partial charge is 0.251 e. The van der Waals surface area contributed by atoms with Gasteiger partial charge in [0.1, 0.15) is 12.4 Å². The summed E-state index contributed by atoms with van der Waals surface area (Å²) < 4.78 is 25.4. The van der Waals surface area contributed by atoms with Crippen LogP contribution in [0.5, 0.6) is 11.5 Å². The lowest BCUT2D eigenvalue weighted by Gasteiger charge is -2.37. The number of amides is 1. The predicted octanol–water partition coefficient (Wildman–Crippen LogP) is 4.50. The van der Waals surface area contributed by atoms with E-state index in [4.69, 9.17) is 9.47 Å². The Kier molecular flexibility index (Phi) is 8.20. The molecule has 35 heavy (non-hydrogen) atoms. The number of nitrogens with zero attached hydrogens (tertiary/aromatic N) is 3. The molecule has 0 spiro atoms. The molecular formula is C26H31FN4O3S. The molecule has 1 unspecified atom stereocenters. The molecule has 2 heterocycles. The number of nitrogens with one attached hydrogen (secondary N) is 1. The van der Waals surface area contributed by atoms with Gasteiger partial charge in [0.2, 0.25) is 0 Å². The lowest BCUT2D eigenvalue weighted by atomic mass is 10.0. The van der Waals surface area contributed by atoms with E-state index in [1.807, 2.05) is 18.4 Å². The van der Waals surface area contributed by atoms with Crippen LogP contribution in [-0.2, 0) is 6.61 Å². The molecule has 1 saturated heterocycles. The van der Waals surface area contributed by atoms with Crippen molar-refractivity contribution in [2.45, 2.75) is 26.5 Å². The summed E-state index contributed by atoms with van der Waals surface area (Å²) in [6.07, 6.45) is 0. The molecule has 1 amide bonds. The lowest BCUT2D eigenvalue weighted by Crippen LogP contribution is -2.46. The number of hydrogen-bond acceptors (Lipinski definition) is 7. The van der Waals surface area contributed by atoms with E-state index in [1.165, 1.54) is 30.6 Å². The Morgan fingerprint density at radius 2 is 1.97 bits per heavy atom. The highest BCUT2D eigenvalue weighted by Gasteiger charge is 2.22. The minimum atomic E-state index is -0.385. The van der Waals surface area contributed by atoms with E-state index in [9.17, 15) is 9.18 Å². The molecule has 1 aromatic heterocycles. The number of thiazole rings is 1. The summed E-state index contributed by atoms with van der Waals surface area (Å²) in [6, 6.07) is 9.48. The van der Waals surface area contributed by atoms with E-state index in [0.717, 1.165) is 49.7 Å². The predicted molar refractivity (Wildman–Crippen MR) is 136 cm³/mol. The van der Waals surface area contributed by atoms with Crippen LogP contribution in [0.15, 0.2) is 47.3 Å². The number of carbonyl (C=O) groups excluding carboxylic acids is 1. The number of aromatic nitrogens is 1. The van der Waals surface area contributed by atoms with Crippen molar-refractivity contribution in [1.82, 2.24) is 15.2 Å². The van der Waals surface area contributed by atoms with Crippen molar-refractivity contribution in [2.75, 3.05) is 44.7 Å². The minimum absolute atomic E-state index is 0.270. The molecular weight excluding hydrogens is 467 g/mol. The quantitative estimate of drug-likeness (QED) is 0.469. The molecule has 2 aromatic carbocycles. The zero-order valence-electron chi connectivity index (χ0n) is 20.3. The molecule has 1 atom stereocenters. The zero-order valence-corrected chi connectivity index (χ0v) is 21.1. The third kappa shape index (κ3) is 6.10. The molecule has 9 heteroatoms. The number of halogens is 1. The fourth-order valence-electron chi connectivity index (χ4n) is 4.21. The SMILES string of the molecule is CCN1CCN(c2ccc(F)cc2C(C)NC(=O)c2ccc(OCc3cscn3)c(OC)c2)CC1. The Morgan fingerprint density at radius 3 is 2.66 bits per heavy atom. The topological polar surface area (TPSA) is 66.9 Å². The first-order valence-electron chi connectivity index (χ1n) is 11.7. The van der Waals surface area contributed by atoms with Crippen LogP contribution in [-0.4, -0.2) is 55.6 Å². The molecule has 1 aliphatic rings. The Labute approximate surface area is 209 Å². The van der Waals surface area contributed by atoms with Crippen LogP contribution >= 0.6 is 11.3 Å².